The van der Waals surface area contributed by atoms with E-state index < -0.39 is 43.6 Å². The van der Waals surface area contributed by atoms with Crippen molar-refractivity contribution in [2.75, 3.05) is 37.1 Å². The fraction of sp³-hybridized carbons (Fsp3) is 0.833. The average molecular weight is 352 g/mol. The molecular formula is C12H20N2O6S2. The highest BCUT2D eigenvalue weighted by Gasteiger charge is 2.38. The van der Waals surface area contributed by atoms with E-state index >= 15 is 0 Å². The molecule has 0 bridgehead atoms. The number of likely N-dealkylation sites (N-methyl/N-ethyl adjacent to an activating group) is 2. The summed E-state index contributed by atoms with van der Waals surface area (Å²) >= 11 is 0. The van der Waals surface area contributed by atoms with E-state index in [1.807, 2.05) is 0 Å². The fourth-order valence-electron chi connectivity index (χ4n) is 2.80. The van der Waals surface area contributed by atoms with Gasteiger partial charge in [-0.15, -0.1) is 0 Å². The summed E-state index contributed by atoms with van der Waals surface area (Å²) in [5.41, 5.74) is 0. The Morgan fingerprint density at radius 2 is 1.09 bits per heavy atom. The second-order valence-electron chi connectivity index (χ2n) is 5.95. The van der Waals surface area contributed by atoms with E-state index in [9.17, 15) is 26.4 Å². The lowest BCUT2D eigenvalue weighted by Crippen LogP contribution is -2.49. The van der Waals surface area contributed by atoms with Crippen LogP contribution in [0.4, 0.5) is 0 Å². The average Bonchev–Trinajstić information content (AvgIpc) is 2.97. The van der Waals surface area contributed by atoms with E-state index in [2.05, 4.69) is 0 Å². The molecule has 2 aliphatic rings. The van der Waals surface area contributed by atoms with Gasteiger partial charge in [-0.25, -0.2) is 16.8 Å². The van der Waals surface area contributed by atoms with Crippen molar-refractivity contribution in [1.82, 2.24) is 9.80 Å². The number of carbonyl (C=O) groups excluding carboxylic acids is 2. The largest absolute Gasteiger partial charge is 0.333 e. The van der Waals surface area contributed by atoms with Crippen LogP contribution in [-0.4, -0.2) is 87.6 Å². The second kappa shape index (κ2) is 5.80. The first-order valence-electron chi connectivity index (χ1n) is 6.97. The van der Waals surface area contributed by atoms with Crippen LogP contribution in [0, 0.1) is 0 Å². The monoisotopic (exact) mass is 352 g/mol. The maximum absolute atomic E-state index is 12.2. The lowest BCUT2D eigenvalue weighted by atomic mass is 10.2. The van der Waals surface area contributed by atoms with Crippen molar-refractivity contribution in [1.29, 1.82) is 0 Å². The summed E-state index contributed by atoms with van der Waals surface area (Å²) in [5, 5.41) is 0. The Labute approximate surface area is 130 Å². The highest BCUT2D eigenvalue weighted by molar-refractivity contribution is 7.91. The summed E-state index contributed by atoms with van der Waals surface area (Å²) in [5.74, 6) is -1.84. The zero-order chi connectivity index (χ0) is 16.7. The molecule has 0 N–H and O–H groups in total. The highest BCUT2D eigenvalue weighted by atomic mass is 32.2. The first-order chi connectivity index (χ1) is 10.0. The highest BCUT2D eigenvalue weighted by Crippen LogP contribution is 2.19. The van der Waals surface area contributed by atoms with Gasteiger partial charge in [0, 0.05) is 26.2 Å². The van der Waals surface area contributed by atoms with Gasteiger partial charge in [0.25, 0.3) is 0 Å². The minimum atomic E-state index is -3.15. The Morgan fingerprint density at radius 3 is 1.32 bits per heavy atom. The molecule has 0 aliphatic carbocycles. The first kappa shape index (κ1) is 17.2. The van der Waals surface area contributed by atoms with Gasteiger partial charge in [-0.05, 0) is 12.8 Å². The van der Waals surface area contributed by atoms with Crippen molar-refractivity contribution in [2.45, 2.75) is 24.9 Å². The molecule has 2 fully saturated rings. The zero-order valence-electron chi connectivity index (χ0n) is 12.6. The van der Waals surface area contributed by atoms with E-state index in [1.54, 1.807) is 0 Å². The maximum Gasteiger partial charge on any atom is 0.312 e. The van der Waals surface area contributed by atoms with Crippen molar-refractivity contribution in [3.8, 4) is 0 Å². The Kier molecular flexibility index (Phi) is 4.54. The van der Waals surface area contributed by atoms with Gasteiger partial charge in [0.2, 0.25) is 0 Å². The molecule has 22 heavy (non-hydrogen) atoms. The minimum Gasteiger partial charge on any atom is -0.333 e. The predicted octanol–water partition coefficient (Wildman–Crippen LogP) is -1.72. The molecule has 0 spiro atoms. The summed E-state index contributed by atoms with van der Waals surface area (Å²) in [6.45, 7) is 0. The molecule has 2 saturated heterocycles. The third-order valence-electron chi connectivity index (χ3n) is 4.34. The molecule has 2 atom stereocenters. The topological polar surface area (TPSA) is 109 Å². The lowest BCUT2D eigenvalue weighted by molar-refractivity contribution is -0.152. The Morgan fingerprint density at radius 1 is 0.773 bits per heavy atom. The number of nitrogens with zero attached hydrogens (tertiary/aromatic N) is 2. The van der Waals surface area contributed by atoms with Gasteiger partial charge in [0.1, 0.15) is 0 Å². The number of hydrogen-bond donors (Lipinski definition) is 0. The molecule has 126 valence electrons. The van der Waals surface area contributed by atoms with Crippen molar-refractivity contribution < 1.29 is 26.4 Å². The van der Waals surface area contributed by atoms with Crippen LogP contribution in [0.25, 0.3) is 0 Å². The summed E-state index contributed by atoms with van der Waals surface area (Å²) < 4.78 is 45.8. The third kappa shape index (κ3) is 3.60. The first-order valence-corrected chi connectivity index (χ1v) is 10.6. The number of rotatable bonds is 2. The molecule has 0 saturated carbocycles. The Balaban J connectivity index is 2.01. The van der Waals surface area contributed by atoms with Crippen LogP contribution < -0.4 is 0 Å². The molecule has 0 radical (unpaired) electrons. The molecule has 0 aromatic carbocycles. The van der Waals surface area contributed by atoms with Gasteiger partial charge >= 0.3 is 11.8 Å². The van der Waals surface area contributed by atoms with Gasteiger partial charge in [-0.3, -0.25) is 9.59 Å². The number of hydrogen-bond acceptors (Lipinski definition) is 6. The smallest absolute Gasteiger partial charge is 0.312 e. The quantitative estimate of drug-likeness (QED) is 0.547. The summed E-state index contributed by atoms with van der Waals surface area (Å²) in [6, 6.07) is -0.996. The molecule has 2 amide bonds. The van der Waals surface area contributed by atoms with Gasteiger partial charge in [-0.1, -0.05) is 0 Å². The van der Waals surface area contributed by atoms with Crippen LogP contribution >= 0.6 is 0 Å². The van der Waals surface area contributed by atoms with Crippen LogP contribution in [-0.2, 0) is 29.3 Å². The number of sulfone groups is 2. The molecule has 0 aromatic heterocycles. The van der Waals surface area contributed by atoms with Crippen molar-refractivity contribution >= 4 is 31.5 Å². The SMILES string of the molecule is CN(C(=O)C(=O)N(C)[C@@H]1CCS(=O)(=O)C1)[C@@H]1CCS(=O)(=O)C1. The van der Waals surface area contributed by atoms with Crippen LogP contribution in [0.2, 0.25) is 0 Å². The summed E-state index contributed by atoms with van der Waals surface area (Å²) in [7, 11) is -3.48. The van der Waals surface area contributed by atoms with E-state index in [-0.39, 0.29) is 23.0 Å². The van der Waals surface area contributed by atoms with Crippen LogP contribution in [0.5, 0.6) is 0 Å². The number of amides is 2. The predicted molar refractivity (Wildman–Crippen MR) is 79.7 cm³/mol. The van der Waals surface area contributed by atoms with Crippen LogP contribution in [0.15, 0.2) is 0 Å². The van der Waals surface area contributed by atoms with Crippen molar-refractivity contribution in [3.05, 3.63) is 0 Å². The van der Waals surface area contributed by atoms with Gasteiger partial charge < -0.3 is 9.80 Å². The van der Waals surface area contributed by atoms with E-state index in [0.29, 0.717) is 12.8 Å². The zero-order valence-corrected chi connectivity index (χ0v) is 14.2. The second-order valence-corrected chi connectivity index (χ2v) is 10.4. The fourth-order valence-corrected chi connectivity index (χ4v) is 6.34. The normalized spacial score (nSPS) is 29.2. The van der Waals surface area contributed by atoms with E-state index in [0.717, 1.165) is 9.80 Å². The molecule has 2 heterocycles. The van der Waals surface area contributed by atoms with Crippen molar-refractivity contribution in [3.63, 3.8) is 0 Å². The van der Waals surface area contributed by atoms with Gasteiger partial charge in [0.15, 0.2) is 19.7 Å². The van der Waals surface area contributed by atoms with E-state index in [4.69, 9.17) is 0 Å². The molecular weight excluding hydrogens is 332 g/mol. The summed E-state index contributed by atoms with van der Waals surface area (Å²) in [6.07, 6.45) is 0.638. The van der Waals surface area contributed by atoms with Crippen LogP contribution in [0.1, 0.15) is 12.8 Å². The standard InChI is InChI=1S/C12H20N2O6S2/c1-13(9-3-5-21(17,18)7-9)11(15)12(16)14(2)10-4-6-22(19,20)8-10/h9-10H,3-8H2,1-2H3/t9-,10-/m1/s1. The molecule has 10 heteroatoms. The maximum atomic E-state index is 12.2. The Bertz CT molecular complexity index is 624. The van der Waals surface area contributed by atoms with E-state index in [1.165, 1.54) is 14.1 Å². The summed E-state index contributed by atoms with van der Waals surface area (Å²) in [4.78, 5) is 26.7. The van der Waals surface area contributed by atoms with Crippen LogP contribution in [0.3, 0.4) is 0 Å². The molecule has 2 aliphatic heterocycles. The molecule has 8 nitrogen and oxygen atoms in total. The minimum absolute atomic E-state index is 0.0141. The Hall–Kier alpha value is -1.16. The van der Waals surface area contributed by atoms with Gasteiger partial charge in [-0.2, -0.15) is 0 Å². The number of carbonyl (C=O) groups is 2. The molecule has 0 unspecified atom stereocenters. The lowest BCUT2D eigenvalue weighted by Gasteiger charge is -2.28. The van der Waals surface area contributed by atoms with Gasteiger partial charge in [0.05, 0.1) is 23.0 Å². The third-order valence-corrected chi connectivity index (χ3v) is 7.84. The molecule has 0 aromatic rings. The molecule has 2 rings (SSSR count). The van der Waals surface area contributed by atoms with Crippen molar-refractivity contribution in [2.24, 2.45) is 0 Å².